The average Bonchev–Trinajstić information content (AvgIpc) is 3.00. The molecule has 0 aliphatic heterocycles. The topological polar surface area (TPSA) is 189 Å². The van der Waals surface area contributed by atoms with Gasteiger partial charge in [0.05, 0.1) is 13.1 Å². The molecule has 0 aromatic heterocycles. The number of benzene rings is 1. The van der Waals surface area contributed by atoms with Crippen LogP contribution in [-0.2, 0) is 35.3 Å². The van der Waals surface area contributed by atoms with Crippen molar-refractivity contribution in [3.63, 3.8) is 0 Å². The normalized spacial score (nSPS) is 14.5. The van der Waals surface area contributed by atoms with Crippen molar-refractivity contribution in [3.8, 4) is 0 Å². The number of nitrogens with zero attached hydrogens (tertiary/aromatic N) is 1. The van der Waals surface area contributed by atoms with Crippen molar-refractivity contribution in [3.05, 3.63) is 35.9 Å². The van der Waals surface area contributed by atoms with Crippen molar-refractivity contribution in [2.45, 2.75) is 84.4 Å². The lowest BCUT2D eigenvalue weighted by molar-refractivity contribution is -0.141. The van der Waals surface area contributed by atoms with Crippen molar-refractivity contribution in [1.29, 1.82) is 0 Å². The Bertz CT molecular complexity index is 1110. The van der Waals surface area contributed by atoms with E-state index in [-0.39, 0.29) is 44.6 Å². The molecule has 13 nitrogen and oxygen atoms in total. The summed E-state index contributed by atoms with van der Waals surface area (Å²) in [4.78, 5) is 77.1. The van der Waals surface area contributed by atoms with E-state index >= 15 is 0 Å². The molecule has 1 aromatic carbocycles. The van der Waals surface area contributed by atoms with E-state index in [0.717, 1.165) is 37.7 Å². The molecule has 0 spiro atoms. The Morgan fingerprint density at radius 3 is 2.23 bits per heavy atom. The monoisotopic (exact) mass is 616 g/mol. The molecule has 6 amide bonds. The fraction of sp³-hybridized carbons (Fsp3) is 0.613. The van der Waals surface area contributed by atoms with Gasteiger partial charge in [0.2, 0.25) is 29.5 Å². The highest BCUT2D eigenvalue weighted by Gasteiger charge is 2.35. The molecule has 1 fully saturated rings. The number of primary amides is 1. The van der Waals surface area contributed by atoms with Crippen LogP contribution in [0.4, 0.5) is 4.79 Å². The van der Waals surface area contributed by atoms with Gasteiger partial charge in [-0.2, -0.15) is 0 Å². The van der Waals surface area contributed by atoms with Gasteiger partial charge in [-0.15, -0.1) is 0 Å². The Kier molecular flexibility index (Phi) is 15.7. The van der Waals surface area contributed by atoms with Crippen LogP contribution in [0.15, 0.2) is 30.3 Å². The SMILES string of the molecule is CCCN(CC(=O)N[C@@H](CC(C)C)C(=O)NCC(N)=O)C(=O)C(NC(=O)CNC(=O)OCc1ccccc1)C1CCCCC1. The van der Waals surface area contributed by atoms with Gasteiger partial charge >= 0.3 is 6.09 Å². The second-order valence-electron chi connectivity index (χ2n) is 11.6. The van der Waals surface area contributed by atoms with Crippen LogP contribution in [0.3, 0.4) is 0 Å². The highest BCUT2D eigenvalue weighted by molar-refractivity contribution is 5.94. The highest BCUT2D eigenvalue weighted by Crippen LogP contribution is 2.27. The first-order valence-corrected chi connectivity index (χ1v) is 15.4. The lowest BCUT2D eigenvalue weighted by atomic mass is 9.83. The molecular formula is C31H48N6O7. The molecule has 244 valence electrons. The number of hydrogen-bond donors (Lipinski definition) is 5. The molecule has 1 unspecified atom stereocenters. The predicted octanol–water partition coefficient (Wildman–Crippen LogP) is 1.35. The van der Waals surface area contributed by atoms with Gasteiger partial charge in [-0.25, -0.2) is 4.79 Å². The first-order valence-electron chi connectivity index (χ1n) is 15.4. The first kappa shape index (κ1) is 36.0. The quantitative estimate of drug-likeness (QED) is 0.175. The third-order valence-corrected chi connectivity index (χ3v) is 7.25. The summed E-state index contributed by atoms with van der Waals surface area (Å²) in [6.45, 7) is 4.92. The Hall–Kier alpha value is -4.16. The zero-order valence-corrected chi connectivity index (χ0v) is 26.1. The Morgan fingerprint density at radius 2 is 1.61 bits per heavy atom. The molecule has 0 bridgehead atoms. The number of carbonyl (C=O) groups excluding carboxylic acids is 6. The van der Waals surface area contributed by atoms with E-state index in [1.807, 2.05) is 51.1 Å². The minimum absolute atomic E-state index is 0.0519. The maximum atomic E-state index is 13.9. The Balaban J connectivity index is 2.06. The minimum Gasteiger partial charge on any atom is -0.445 e. The fourth-order valence-corrected chi connectivity index (χ4v) is 5.15. The molecule has 13 heteroatoms. The van der Waals surface area contributed by atoms with Crippen molar-refractivity contribution in [1.82, 2.24) is 26.2 Å². The molecule has 0 saturated heterocycles. The Labute approximate surface area is 259 Å². The van der Waals surface area contributed by atoms with Crippen LogP contribution >= 0.6 is 0 Å². The second-order valence-corrected chi connectivity index (χ2v) is 11.6. The number of alkyl carbamates (subject to hydrolysis) is 1. The number of rotatable bonds is 17. The molecule has 2 rings (SSSR count). The van der Waals surface area contributed by atoms with Gasteiger partial charge in [-0.05, 0) is 43.1 Å². The molecule has 6 N–H and O–H groups in total. The predicted molar refractivity (Wildman–Crippen MR) is 164 cm³/mol. The van der Waals surface area contributed by atoms with Gasteiger partial charge < -0.3 is 36.6 Å². The lowest BCUT2D eigenvalue weighted by Gasteiger charge is -2.34. The van der Waals surface area contributed by atoms with Gasteiger partial charge in [0, 0.05) is 6.54 Å². The van der Waals surface area contributed by atoms with Crippen LogP contribution in [0.1, 0.15) is 71.3 Å². The molecule has 1 aliphatic carbocycles. The smallest absolute Gasteiger partial charge is 0.407 e. The molecule has 1 saturated carbocycles. The highest BCUT2D eigenvalue weighted by atomic mass is 16.5. The first-order chi connectivity index (χ1) is 21.0. The molecule has 1 aromatic rings. The van der Waals surface area contributed by atoms with Crippen LogP contribution in [0.5, 0.6) is 0 Å². The fourth-order valence-electron chi connectivity index (χ4n) is 5.15. The zero-order valence-electron chi connectivity index (χ0n) is 26.1. The summed E-state index contributed by atoms with van der Waals surface area (Å²) >= 11 is 0. The van der Waals surface area contributed by atoms with Gasteiger partial charge in [0.1, 0.15) is 25.2 Å². The summed E-state index contributed by atoms with van der Waals surface area (Å²) in [7, 11) is 0. The number of ether oxygens (including phenoxy) is 1. The van der Waals surface area contributed by atoms with E-state index in [2.05, 4.69) is 21.3 Å². The van der Waals surface area contributed by atoms with Gasteiger partial charge in [-0.1, -0.05) is 70.4 Å². The van der Waals surface area contributed by atoms with Gasteiger partial charge in [0.15, 0.2) is 0 Å². The molecule has 1 aliphatic rings. The summed E-state index contributed by atoms with van der Waals surface area (Å²) in [5.74, 6) is -2.79. The number of hydrogen-bond acceptors (Lipinski definition) is 7. The molecule has 0 heterocycles. The average molecular weight is 617 g/mol. The molecule has 0 radical (unpaired) electrons. The third kappa shape index (κ3) is 13.4. The molecule has 2 atom stereocenters. The van der Waals surface area contributed by atoms with Crippen LogP contribution in [0.25, 0.3) is 0 Å². The number of carbonyl (C=O) groups is 6. The molecule has 44 heavy (non-hydrogen) atoms. The lowest BCUT2D eigenvalue weighted by Crippen LogP contribution is -2.57. The molecular weight excluding hydrogens is 568 g/mol. The maximum absolute atomic E-state index is 13.9. The maximum Gasteiger partial charge on any atom is 0.407 e. The largest absolute Gasteiger partial charge is 0.445 e. The number of nitrogens with two attached hydrogens (primary N) is 1. The van der Waals surface area contributed by atoms with Crippen LogP contribution in [0, 0.1) is 11.8 Å². The van der Waals surface area contributed by atoms with E-state index in [0.29, 0.717) is 12.8 Å². The van der Waals surface area contributed by atoms with E-state index in [4.69, 9.17) is 10.5 Å². The van der Waals surface area contributed by atoms with Crippen LogP contribution in [-0.4, -0.2) is 78.8 Å². The third-order valence-electron chi connectivity index (χ3n) is 7.25. The summed E-state index contributed by atoms with van der Waals surface area (Å²) in [5, 5.41) is 10.3. The van der Waals surface area contributed by atoms with Crippen molar-refractivity contribution >= 4 is 35.6 Å². The summed E-state index contributed by atoms with van der Waals surface area (Å²) in [6.07, 6.45) is 4.48. The summed E-state index contributed by atoms with van der Waals surface area (Å²) in [5.41, 5.74) is 5.93. The summed E-state index contributed by atoms with van der Waals surface area (Å²) < 4.78 is 5.16. The second kappa shape index (κ2) is 19.2. The minimum atomic E-state index is -0.915. The van der Waals surface area contributed by atoms with E-state index in [9.17, 15) is 28.8 Å². The van der Waals surface area contributed by atoms with E-state index in [1.165, 1.54) is 4.90 Å². The van der Waals surface area contributed by atoms with Crippen molar-refractivity contribution in [2.24, 2.45) is 17.6 Å². The van der Waals surface area contributed by atoms with Gasteiger partial charge in [-0.3, -0.25) is 24.0 Å². The van der Waals surface area contributed by atoms with Crippen LogP contribution < -0.4 is 27.0 Å². The van der Waals surface area contributed by atoms with Crippen LogP contribution in [0.2, 0.25) is 0 Å². The summed E-state index contributed by atoms with van der Waals surface area (Å²) in [6, 6.07) is 7.33. The van der Waals surface area contributed by atoms with Gasteiger partial charge in [0.25, 0.3) is 0 Å². The van der Waals surface area contributed by atoms with E-state index < -0.39 is 47.7 Å². The van der Waals surface area contributed by atoms with E-state index in [1.54, 1.807) is 0 Å². The number of amides is 6. The van der Waals surface area contributed by atoms with Crippen molar-refractivity contribution in [2.75, 3.05) is 26.2 Å². The standard InChI is InChI=1S/C31H48N6O7/c1-4-15-37(19-27(40)35-24(16-21(2)3)29(41)33-17-25(32)38)30(42)28(23-13-9-6-10-14-23)36-26(39)18-34-31(43)44-20-22-11-7-5-8-12-22/h5,7-8,11-12,21,23-24,28H,4,6,9-10,13-20H2,1-3H3,(H2,32,38)(H,33,41)(H,34,43)(H,35,40)(H,36,39)/t24-,28?/m0/s1. The number of nitrogens with one attached hydrogen (secondary N) is 4. The van der Waals surface area contributed by atoms with Crippen molar-refractivity contribution < 1.29 is 33.5 Å². The zero-order chi connectivity index (χ0) is 32.5. The Morgan fingerprint density at radius 1 is 0.932 bits per heavy atom.